The van der Waals surface area contributed by atoms with Crippen LogP contribution in [0, 0.1) is 17.1 Å². The van der Waals surface area contributed by atoms with Crippen molar-refractivity contribution in [3.8, 4) is 6.07 Å². The summed E-state index contributed by atoms with van der Waals surface area (Å²) in [6, 6.07) is 11.1. The average molecular weight is 255 g/mol. The van der Waals surface area contributed by atoms with Gasteiger partial charge >= 0.3 is 0 Å². The molecular weight excluding hydrogens is 249 g/mol. The molecule has 18 heavy (non-hydrogen) atoms. The average Bonchev–Trinajstić information content (AvgIpc) is 2.39. The third-order valence-corrected chi connectivity index (χ3v) is 3.90. The number of rotatable bonds is 0. The summed E-state index contributed by atoms with van der Waals surface area (Å²) in [5.74, 6) is -0.417. The molecule has 2 aromatic carbocycles. The third kappa shape index (κ3) is 1.57. The van der Waals surface area contributed by atoms with E-state index in [4.69, 9.17) is 5.26 Å². The molecule has 0 radical (unpaired) electrons. The molecule has 0 unspecified atom stereocenters. The number of hydrogen-bond donors (Lipinski definition) is 0. The van der Waals surface area contributed by atoms with Gasteiger partial charge in [0.1, 0.15) is 5.82 Å². The van der Waals surface area contributed by atoms with Crippen molar-refractivity contribution in [1.29, 1.82) is 5.26 Å². The zero-order chi connectivity index (χ0) is 12.7. The fraction of sp³-hybridized carbons (Fsp3) is 0. The minimum absolute atomic E-state index is 0.192. The maximum atomic E-state index is 13.2. The predicted molar refractivity (Wildman–Crippen MR) is 70.3 cm³/mol. The molecule has 0 N–H and O–H groups in total. The summed E-state index contributed by atoms with van der Waals surface area (Å²) in [4.78, 5) is 12.2. The molecule has 1 heterocycles. The highest BCUT2D eigenvalue weighted by Crippen LogP contribution is 2.25. The smallest absolute Gasteiger partial charge is 0.195 e. The first-order chi connectivity index (χ1) is 8.69. The quantitative estimate of drug-likeness (QED) is 0.577. The molecular formula is C14H6FNOS. The second-order valence-electron chi connectivity index (χ2n) is 3.89. The van der Waals surface area contributed by atoms with E-state index in [2.05, 4.69) is 0 Å². The van der Waals surface area contributed by atoms with Crippen molar-refractivity contribution in [1.82, 2.24) is 0 Å². The van der Waals surface area contributed by atoms with Crippen LogP contribution in [0.15, 0.2) is 41.2 Å². The van der Waals surface area contributed by atoms with Crippen molar-refractivity contribution < 1.29 is 4.39 Å². The Balaban J connectivity index is 2.53. The highest BCUT2D eigenvalue weighted by Gasteiger charge is 2.07. The van der Waals surface area contributed by atoms with E-state index in [-0.39, 0.29) is 5.43 Å². The van der Waals surface area contributed by atoms with Gasteiger partial charge in [-0.3, -0.25) is 4.79 Å². The van der Waals surface area contributed by atoms with Gasteiger partial charge in [0.15, 0.2) is 5.43 Å². The summed E-state index contributed by atoms with van der Waals surface area (Å²) in [6.45, 7) is 0. The lowest BCUT2D eigenvalue weighted by Crippen LogP contribution is -2.01. The number of hydrogen-bond acceptors (Lipinski definition) is 3. The Morgan fingerprint density at radius 1 is 1.06 bits per heavy atom. The first kappa shape index (κ1) is 10.9. The molecule has 0 fully saturated rings. The fourth-order valence-corrected chi connectivity index (χ4v) is 2.99. The number of nitrogens with zero attached hydrogens (tertiary/aromatic N) is 1. The minimum atomic E-state index is -0.417. The van der Waals surface area contributed by atoms with Crippen LogP contribution in [0.5, 0.6) is 0 Å². The molecule has 0 aliphatic heterocycles. The van der Waals surface area contributed by atoms with Crippen molar-refractivity contribution in [3.05, 3.63) is 58.0 Å². The Hall–Kier alpha value is -2.25. The van der Waals surface area contributed by atoms with Crippen molar-refractivity contribution in [3.63, 3.8) is 0 Å². The second kappa shape index (κ2) is 3.90. The van der Waals surface area contributed by atoms with Gasteiger partial charge in [-0.1, -0.05) is 0 Å². The minimum Gasteiger partial charge on any atom is -0.289 e. The van der Waals surface area contributed by atoms with E-state index < -0.39 is 5.82 Å². The van der Waals surface area contributed by atoms with Crippen LogP contribution in [0.4, 0.5) is 4.39 Å². The fourth-order valence-electron chi connectivity index (χ4n) is 1.90. The lowest BCUT2D eigenvalue weighted by atomic mass is 10.1. The van der Waals surface area contributed by atoms with Gasteiger partial charge in [-0.05, 0) is 36.4 Å². The van der Waals surface area contributed by atoms with Crippen LogP contribution >= 0.6 is 11.3 Å². The molecule has 0 saturated carbocycles. The van der Waals surface area contributed by atoms with E-state index in [9.17, 15) is 9.18 Å². The van der Waals surface area contributed by atoms with Gasteiger partial charge in [-0.15, -0.1) is 11.3 Å². The van der Waals surface area contributed by atoms with Crippen LogP contribution in [0.2, 0.25) is 0 Å². The van der Waals surface area contributed by atoms with Crippen LogP contribution in [0.25, 0.3) is 20.2 Å². The van der Waals surface area contributed by atoms with E-state index in [0.29, 0.717) is 16.3 Å². The highest BCUT2D eigenvalue weighted by molar-refractivity contribution is 7.24. The van der Waals surface area contributed by atoms with Crippen molar-refractivity contribution in [2.24, 2.45) is 0 Å². The Morgan fingerprint density at radius 3 is 2.67 bits per heavy atom. The van der Waals surface area contributed by atoms with Gasteiger partial charge in [0.2, 0.25) is 0 Å². The van der Waals surface area contributed by atoms with Gasteiger partial charge in [-0.2, -0.15) is 5.26 Å². The van der Waals surface area contributed by atoms with Gasteiger partial charge < -0.3 is 0 Å². The summed E-state index contributed by atoms with van der Waals surface area (Å²) in [6.07, 6.45) is 0. The molecule has 0 aliphatic rings. The molecule has 0 aliphatic carbocycles. The van der Waals surface area contributed by atoms with Crippen molar-refractivity contribution >= 4 is 31.5 Å². The van der Waals surface area contributed by atoms with Crippen LogP contribution in [0.3, 0.4) is 0 Å². The zero-order valence-electron chi connectivity index (χ0n) is 9.11. The molecule has 0 atom stereocenters. The van der Waals surface area contributed by atoms with E-state index in [1.165, 1.54) is 23.5 Å². The number of nitriles is 1. The first-order valence-electron chi connectivity index (χ1n) is 5.25. The summed E-state index contributed by atoms with van der Waals surface area (Å²) >= 11 is 1.39. The molecule has 1 aromatic heterocycles. The van der Waals surface area contributed by atoms with Crippen molar-refractivity contribution in [2.45, 2.75) is 0 Å². The lowest BCUT2D eigenvalue weighted by Gasteiger charge is -2.01. The summed E-state index contributed by atoms with van der Waals surface area (Å²) < 4.78 is 14.6. The van der Waals surface area contributed by atoms with Gasteiger partial charge in [0.05, 0.1) is 11.6 Å². The molecule has 0 spiro atoms. The largest absolute Gasteiger partial charge is 0.289 e. The summed E-state index contributed by atoms with van der Waals surface area (Å²) in [5.41, 5.74) is 0.322. The number of fused-ring (bicyclic) bond motifs is 2. The van der Waals surface area contributed by atoms with Crippen LogP contribution < -0.4 is 5.43 Å². The third-order valence-electron chi connectivity index (χ3n) is 2.76. The normalized spacial score (nSPS) is 10.7. The van der Waals surface area contributed by atoms with E-state index in [0.717, 1.165) is 9.40 Å². The molecule has 4 heteroatoms. The van der Waals surface area contributed by atoms with Gasteiger partial charge in [-0.25, -0.2) is 4.39 Å². The molecule has 0 saturated heterocycles. The van der Waals surface area contributed by atoms with E-state index in [1.54, 1.807) is 24.3 Å². The van der Waals surface area contributed by atoms with Crippen LogP contribution in [-0.4, -0.2) is 0 Å². The van der Waals surface area contributed by atoms with E-state index in [1.807, 2.05) is 6.07 Å². The van der Waals surface area contributed by atoms with Crippen LogP contribution in [-0.2, 0) is 0 Å². The SMILES string of the molecule is N#Cc1ccc2c(=O)c3cc(F)ccc3sc2c1. The Morgan fingerprint density at radius 2 is 1.89 bits per heavy atom. The maximum Gasteiger partial charge on any atom is 0.195 e. The molecule has 0 amide bonds. The Kier molecular flexibility index (Phi) is 2.35. The molecule has 0 bridgehead atoms. The maximum absolute atomic E-state index is 13.2. The van der Waals surface area contributed by atoms with Gasteiger partial charge in [0, 0.05) is 20.2 Å². The molecule has 86 valence electrons. The summed E-state index contributed by atoms with van der Waals surface area (Å²) in [7, 11) is 0. The first-order valence-corrected chi connectivity index (χ1v) is 6.07. The van der Waals surface area contributed by atoms with E-state index >= 15 is 0 Å². The molecule has 2 nitrogen and oxygen atoms in total. The monoisotopic (exact) mass is 255 g/mol. The van der Waals surface area contributed by atoms with Crippen molar-refractivity contribution in [2.75, 3.05) is 0 Å². The topological polar surface area (TPSA) is 40.9 Å². The Bertz CT molecular complexity index is 876. The standard InChI is InChI=1S/C14H6FNOS/c15-9-2-4-12-11(6-9)14(17)10-3-1-8(7-16)5-13(10)18-12/h1-6H. The molecule has 3 rings (SSSR count). The molecule has 3 aromatic rings. The number of halogens is 1. The zero-order valence-corrected chi connectivity index (χ0v) is 9.92. The lowest BCUT2D eigenvalue weighted by molar-refractivity contribution is 0.630. The second-order valence-corrected chi connectivity index (χ2v) is 4.98. The van der Waals surface area contributed by atoms with Crippen LogP contribution in [0.1, 0.15) is 5.56 Å². The number of benzene rings is 2. The van der Waals surface area contributed by atoms with Gasteiger partial charge in [0.25, 0.3) is 0 Å². The highest BCUT2D eigenvalue weighted by atomic mass is 32.1. The predicted octanol–water partition coefficient (Wildman–Crippen LogP) is 3.43. The Labute approximate surface area is 106 Å². The summed E-state index contributed by atoms with van der Waals surface area (Å²) in [5, 5.41) is 9.75.